The van der Waals surface area contributed by atoms with Crippen LogP contribution in [0.4, 0.5) is 11.5 Å². The third-order valence-electron chi connectivity index (χ3n) is 5.17. The third kappa shape index (κ3) is 3.27. The van der Waals surface area contributed by atoms with Crippen LogP contribution in [0.1, 0.15) is 5.89 Å². The van der Waals surface area contributed by atoms with Crippen molar-refractivity contribution in [3.8, 4) is 11.6 Å². The molecule has 3 heterocycles. The van der Waals surface area contributed by atoms with Gasteiger partial charge in [0.05, 0.1) is 10.7 Å². The Kier molecular flexibility index (Phi) is 4.52. The quantitative estimate of drug-likeness (QED) is 0.509. The number of hydrogen-bond donors (Lipinski definition) is 0. The lowest BCUT2D eigenvalue weighted by molar-refractivity contribution is 0.530. The maximum atomic E-state index is 6.37. The molecule has 4 aromatic rings. The van der Waals surface area contributed by atoms with Gasteiger partial charge < -0.3 is 14.2 Å². The Balaban J connectivity index is 1.45. The number of para-hydroxylation sites is 1. The highest BCUT2D eigenvalue weighted by Crippen LogP contribution is 2.32. The molecule has 0 radical (unpaired) electrons. The van der Waals surface area contributed by atoms with E-state index in [1.165, 1.54) is 0 Å². The van der Waals surface area contributed by atoms with Gasteiger partial charge in [0, 0.05) is 43.9 Å². The van der Waals surface area contributed by atoms with E-state index in [2.05, 4.69) is 42.3 Å². The van der Waals surface area contributed by atoms with Crippen LogP contribution < -0.4 is 9.80 Å². The molecule has 1 fully saturated rings. The minimum Gasteiger partial charge on any atom is -0.420 e. The van der Waals surface area contributed by atoms with Crippen molar-refractivity contribution in [1.29, 1.82) is 0 Å². The fraction of sp³-hybridized carbons (Fsp3) is 0.238. The maximum Gasteiger partial charge on any atom is 0.268 e. The molecule has 1 saturated heterocycles. The zero-order valence-electron chi connectivity index (χ0n) is 15.9. The molecule has 5 rings (SSSR count). The van der Waals surface area contributed by atoms with Crippen molar-refractivity contribution >= 4 is 33.9 Å². The van der Waals surface area contributed by atoms with Crippen LogP contribution in [-0.4, -0.2) is 46.6 Å². The number of nitrogens with zero attached hydrogens (tertiary/aromatic N) is 6. The fourth-order valence-corrected chi connectivity index (χ4v) is 4.00. The normalized spacial score (nSPS) is 14.6. The molecule has 1 aliphatic rings. The first-order valence-corrected chi connectivity index (χ1v) is 9.89. The van der Waals surface area contributed by atoms with Gasteiger partial charge in [0.2, 0.25) is 5.89 Å². The van der Waals surface area contributed by atoms with E-state index >= 15 is 0 Å². The van der Waals surface area contributed by atoms with E-state index in [0.717, 1.165) is 53.5 Å². The van der Waals surface area contributed by atoms with Crippen molar-refractivity contribution in [3.05, 3.63) is 59.4 Å². The summed E-state index contributed by atoms with van der Waals surface area (Å²) in [6.07, 6.45) is 0. The van der Waals surface area contributed by atoms with Crippen molar-refractivity contribution in [2.24, 2.45) is 0 Å². The fourth-order valence-electron chi connectivity index (χ4n) is 3.74. The smallest absolute Gasteiger partial charge is 0.268 e. The second-order valence-electron chi connectivity index (χ2n) is 6.97. The lowest BCUT2D eigenvalue weighted by atomic mass is 10.1. The maximum absolute atomic E-state index is 6.37. The van der Waals surface area contributed by atoms with Gasteiger partial charge in [0.1, 0.15) is 0 Å². The van der Waals surface area contributed by atoms with Gasteiger partial charge in [0.25, 0.3) is 5.89 Å². The van der Waals surface area contributed by atoms with Crippen LogP contribution in [0.3, 0.4) is 0 Å². The number of aryl methyl sites for hydroxylation is 1. The van der Waals surface area contributed by atoms with Crippen molar-refractivity contribution in [1.82, 2.24) is 20.4 Å². The lowest BCUT2D eigenvalue weighted by Crippen LogP contribution is -2.47. The molecule has 0 aliphatic carbocycles. The van der Waals surface area contributed by atoms with E-state index in [1.807, 2.05) is 36.4 Å². The Hall–Kier alpha value is -3.19. The van der Waals surface area contributed by atoms with Crippen LogP contribution in [0.2, 0.25) is 5.02 Å². The van der Waals surface area contributed by atoms with E-state index in [-0.39, 0.29) is 0 Å². The molecule has 7 nitrogen and oxygen atoms in total. The SMILES string of the molecule is Cc1nnc(-c2nnc(N3CCN(c4ccccc4Cl)CC3)c3ccccc23)o1. The molecule has 2 aromatic carbocycles. The van der Waals surface area contributed by atoms with Gasteiger partial charge in [-0.05, 0) is 12.1 Å². The largest absolute Gasteiger partial charge is 0.420 e. The van der Waals surface area contributed by atoms with Crippen molar-refractivity contribution in [2.45, 2.75) is 6.92 Å². The third-order valence-corrected chi connectivity index (χ3v) is 5.49. The van der Waals surface area contributed by atoms with Gasteiger partial charge in [0.15, 0.2) is 11.5 Å². The Bertz CT molecular complexity index is 1170. The molecule has 2 aromatic heterocycles. The molecule has 0 bridgehead atoms. The van der Waals surface area contributed by atoms with Gasteiger partial charge in [-0.15, -0.1) is 20.4 Å². The number of rotatable bonds is 3. The molecule has 0 spiro atoms. The van der Waals surface area contributed by atoms with E-state index in [0.29, 0.717) is 17.5 Å². The number of piperazine rings is 1. The highest BCUT2D eigenvalue weighted by Gasteiger charge is 2.23. The highest BCUT2D eigenvalue weighted by molar-refractivity contribution is 6.33. The minimum absolute atomic E-state index is 0.390. The molecule has 0 N–H and O–H groups in total. The predicted octanol–water partition coefficient (Wildman–Crippen LogP) is 3.97. The zero-order chi connectivity index (χ0) is 19.8. The Morgan fingerprint density at radius 2 is 1.48 bits per heavy atom. The van der Waals surface area contributed by atoms with Crippen molar-refractivity contribution < 1.29 is 4.42 Å². The van der Waals surface area contributed by atoms with Gasteiger partial charge in [-0.25, -0.2) is 0 Å². The Labute approximate surface area is 172 Å². The number of halogens is 1. The molecule has 1 aliphatic heterocycles. The predicted molar refractivity (Wildman–Crippen MR) is 113 cm³/mol. The summed E-state index contributed by atoms with van der Waals surface area (Å²) in [4.78, 5) is 4.58. The number of anilines is 2. The number of hydrogen-bond acceptors (Lipinski definition) is 7. The van der Waals surface area contributed by atoms with Crippen LogP contribution in [-0.2, 0) is 0 Å². The first-order chi connectivity index (χ1) is 14.2. The van der Waals surface area contributed by atoms with Crippen LogP contribution >= 0.6 is 11.6 Å². The van der Waals surface area contributed by atoms with Crippen LogP contribution in [0.25, 0.3) is 22.4 Å². The van der Waals surface area contributed by atoms with Crippen molar-refractivity contribution in [3.63, 3.8) is 0 Å². The molecule has 0 saturated carbocycles. The monoisotopic (exact) mass is 406 g/mol. The molecule has 0 atom stereocenters. The van der Waals surface area contributed by atoms with Gasteiger partial charge in [-0.3, -0.25) is 0 Å². The van der Waals surface area contributed by atoms with Crippen LogP contribution in [0, 0.1) is 6.92 Å². The van der Waals surface area contributed by atoms with E-state index in [4.69, 9.17) is 16.0 Å². The molecule has 29 heavy (non-hydrogen) atoms. The van der Waals surface area contributed by atoms with Gasteiger partial charge in [-0.2, -0.15) is 0 Å². The molecule has 8 heteroatoms. The Morgan fingerprint density at radius 1 is 0.793 bits per heavy atom. The molecular formula is C21H19ClN6O. The second kappa shape index (κ2) is 7.33. The summed E-state index contributed by atoms with van der Waals surface area (Å²) in [5.41, 5.74) is 1.69. The highest BCUT2D eigenvalue weighted by atomic mass is 35.5. The summed E-state index contributed by atoms with van der Waals surface area (Å²) in [6, 6.07) is 16.0. The van der Waals surface area contributed by atoms with Gasteiger partial charge in [-0.1, -0.05) is 48.0 Å². The number of aromatic nitrogens is 4. The van der Waals surface area contributed by atoms with E-state index in [1.54, 1.807) is 6.92 Å². The van der Waals surface area contributed by atoms with Crippen LogP contribution in [0.5, 0.6) is 0 Å². The first-order valence-electron chi connectivity index (χ1n) is 9.51. The lowest BCUT2D eigenvalue weighted by Gasteiger charge is -2.37. The summed E-state index contributed by atoms with van der Waals surface area (Å²) in [7, 11) is 0. The topological polar surface area (TPSA) is 71.2 Å². The van der Waals surface area contributed by atoms with E-state index < -0.39 is 0 Å². The standard InChI is InChI=1S/C21H19ClN6O/c1-14-23-26-21(29-14)19-15-6-2-3-7-16(15)20(25-24-19)28-12-10-27(11-13-28)18-9-5-4-8-17(18)22/h2-9H,10-13H2,1H3. The number of fused-ring (bicyclic) bond motifs is 1. The zero-order valence-corrected chi connectivity index (χ0v) is 16.7. The van der Waals surface area contributed by atoms with Gasteiger partial charge >= 0.3 is 0 Å². The first kappa shape index (κ1) is 17.9. The average molecular weight is 407 g/mol. The summed E-state index contributed by atoms with van der Waals surface area (Å²) in [5.74, 6) is 1.77. The Morgan fingerprint density at radius 3 is 2.21 bits per heavy atom. The average Bonchev–Trinajstić information content (AvgIpc) is 3.19. The van der Waals surface area contributed by atoms with Crippen LogP contribution in [0.15, 0.2) is 52.9 Å². The molecule has 0 unspecified atom stereocenters. The van der Waals surface area contributed by atoms with Crippen molar-refractivity contribution in [2.75, 3.05) is 36.0 Å². The molecule has 0 amide bonds. The summed E-state index contributed by atoms with van der Waals surface area (Å²) in [6.45, 7) is 5.17. The van der Waals surface area contributed by atoms with E-state index in [9.17, 15) is 0 Å². The number of benzene rings is 2. The molecular weight excluding hydrogens is 388 g/mol. The summed E-state index contributed by atoms with van der Waals surface area (Å²) in [5, 5.41) is 19.8. The summed E-state index contributed by atoms with van der Waals surface area (Å²) < 4.78 is 5.58. The molecule has 146 valence electrons. The minimum atomic E-state index is 0.390. The second-order valence-corrected chi connectivity index (χ2v) is 7.38. The summed E-state index contributed by atoms with van der Waals surface area (Å²) >= 11 is 6.37.